The average Bonchev–Trinajstić information content (AvgIpc) is 2.24. The summed E-state index contributed by atoms with van der Waals surface area (Å²) in [6.07, 6.45) is -8.43. The molecule has 0 fully saturated rings. The highest BCUT2D eigenvalue weighted by atomic mass is 32.2. The fraction of sp³-hybridized carbons (Fsp3) is 0.375. The van der Waals surface area contributed by atoms with Gasteiger partial charge in [0.25, 0.3) is 16.4 Å². The van der Waals surface area contributed by atoms with Gasteiger partial charge in [-0.3, -0.25) is 0 Å². The zero-order valence-corrected chi connectivity index (χ0v) is 9.89. The third-order valence-electron chi connectivity index (χ3n) is 2.12. The van der Waals surface area contributed by atoms with Crippen molar-refractivity contribution in [1.29, 1.82) is 0 Å². The highest BCUT2D eigenvalue weighted by Crippen LogP contribution is 2.34. The topological polar surface area (TPSA) is 99.1 Å². The molecular weight excluding hydrogens is 297 g/mol. The molecule has 1 aromatic rings. The van der Waals surface area contributed by atoms with E-state index in [0.717, 1.165) is 0 Å². The highest BCUT2D eigenvalue weighted by Gasteiger charge is 2.36. The van der Waals surface area contributed by atoms with E-state index in [9.17, 15) is 30.4 Å². The molecule has 0 aliphatic heterocycles. The maximum Gasteiger partial charge on any atom is 0.433 e. The van der Waals surface area contributed by atoms with Crippen LogP contribution in [-0.4, -0.2) is 13.4 Å². The lowest BCUT2D eigenvalue weighted by Gasteiger charge is -2.14. The number of sulfonamides is 1. The second-order valence-electron chi connectivity index (χ2n) is 3.43. The number of hydrogen-bond acceptors (Lipinski definition) is 4. The molecule has 0 saturated heterocycles. The molecule has 0 aliphatic carbocycles. The summed E-state index contributed by atoms with van der Waals surface area (Å²) in [5.74, 6) is 0. The van der Waals surface area contributed by atoms with Crippen molar-refractivity contribution in [2.45, 2.75) is 24.2 Å². The Morgan fingerprint density at radius 2 is 1.84 bits per heavy atom. The lowest BCUT2D eigenvalue weighted by Crippen LogP contribution is -2.22. The van der Waals surface area contributed by atoms with Gasteiger partial charge in [-0.2, -0.15) is 13.2 Å². The molecule has 108 valence electrons. The number of nitrogens with zero attached hydrogens (tertiary/aromatic N) is 1. The van der Waals surface area contributed by atoms with Gasteiger partial charge in [0.05, 0.1) is 0 Å². The second-order valence-corrected chi connectivity index (χ2v) is 4.90. The minimum atomic E-state index is -5.09. The standard InChI is InChI=1S/C8H8F5N3O2S/c9-6(10)3-1-5(8(11,12)13)16-7(4(3)2-14)19(15,17)18/h1,6H,2,14H2,(H2,15,17,18). The third kappa shape index (κ3) is 3.36. The first-order valence-electron chi connectivity index (χ1n) is 4.60. The van der Waals surface area contributed by atoms with Gasteiger partial charge >= 0.3 is 6.18 Å². The predicted octanol–water partition coefficient (Wildman–Crippen LogP) is 1.14. The van der Waals surface area contributed by atoms with Crippen LogP contribution in [0.4, 0.5) is 22.0 Å². The van der Waals surface area contributed by atoms with E-state index in [1.807, 2.05) is 0 Å². The summed E-state index contributed by atoms with van der Waals surface area (Å²) >= 11 is 0. The Labute approximate surface area is 104 Å². The van der Waals surface area contributed by atoms with Gasteiger partial charge in [-0.15, -0.1) is 0 Å². The maximum absolute atomic E-state index is 12.7. The highest BCUT2D eigenvalue weighted by molar-refractivity contribution is 7.89. The van der Waals surface area contributed by atoms with Crippen molar-refractivity contribution in [2.24, 2.45) is 10.9 Å². The van der Waals surface area contributed by atoms with Gasteiger partial charge < -0.3 is 5.73 Å². The number of hydrogen-bond donors (Lipinski definition) is 2. The van der Waals surface area contributed by atoms with Gasteiger partial charge in [0, 0.05) is 17.7 Å². The Morgan fingerprint density at radius 1 is 1.32 bits per heavy atom. The van der Waals surface area contributed by atoms with Gasteiger partial charge in [-0.05, 0) is 6.07 Å². The number of nitrogens with two attached hydrogens (primary N) is 2. The molecule has 19 heavy (non-hydrogen) atoms. The van der Waals surface area contributed by atoms with Crippen LogP contribution in [0.15, 0.2) is 11.1 Å². The zero-order valence-electron chi connectivity index (χ0n) is 9.08. The molecule has 0 radical (unpaired) electrons. The minimum Gasteiger partial charge on any atom is -0.326 e. The second kappa shape index (κ2) is 4.98. The van der Waals surface area contributed by atoms with Crippen molar-refractivity contribution < 1.29 is 30.4 Å². The number of pyridine rings is 1. The number of primary sulfonamides is 1. The lowest BCUT2D eigenvalue weighted by atomic mass is 10.1. The van der Waals surface area contributed by atoms with Crippen molar-refractivity contribution >= 4 is 10.0 Å². The van der Waals surface area contributed by atoms with Gasteiger partial charge in [0.15, 0.2) is 5.03 Å². The van der Waals surface area contributed by atoms with Crippen LogP contribution in [0.5, 0.6) is 0 Å². The number of halogens is 5. The average molecular weight is 305 g/mol. The van der Waals surface area contributed by atoms with Gasteiger partial charge in [0.1, 0.15) is 5.69 Å². The lowest BCUT2D eigenvalue weighted by molar-refractivity contribution is -0.141. The fourth-order valence-corrected chi connectivity index (χ4v) is 2.12. The molecule has 0 aromatic carbocycles. The number of aromatic nitrogens is 1. The maximum atomic E-state index is 12.7. The smallest absolute Gasteiger partial charge is 0.326 e. The van der Waals surface area contributed by atoms with Crippen LogP contribution in [0.1, 0.15) is 23.2 Å². The Kier molecular flexibility index (Phi) is 4.12. The Morgan fingerprint density at radius 3 is 2.16 bits per heavy atom. The summed E-state index contributed by atoms with van der Waals surface area (Å²) in [6, 6.07) is 0.0571. The first-order valence-corrected chi connectivity index (χ1v) is 6.15. The molecule has 0 bridgehead atoms. The molecule has 1 aromatic heterocycles. The normalized spacial score (nSPS) is 13.1. The van der Waals surface area contributed by atoms with E-state index >= 15 is 0 Å². The van der Waals surface area contributed by atoms with Crippen LogP contribution in [-0.2, 0) is 22.7 Å². The number of rotatable bonds is 3. The minimum absolute atomic E-state index is 0.0571. The molecule has 4 N–H and O–H groups in total. The third-order valence-corrected chi connectivity index (χ3v) is 3.00. The van der Waals surface area contributed by atoms with Gasteiger partial charge in [0.2, 0.25) is 0 Å². The Hall–Kier alpha value is -1.33. The zero-order chi connectivity index (χ0) is 15.0. The van der Waals surface area contributed by atoms with Crippen LogP contribution >= 0.6 is 0 Å². The van der Waals surface area contributed by atoms with Crippen LogP contribution < -0.4 is 10.9 Å². The van der Waals surface area contributed by atoms with Crippen molar-refractivity contribution in [1.82, 2.24) is 4.98 Å². The quantitative estimate of drug-likeness (QED) is 0.818. The molecule has 0 saturated carbocycles. The molecule has 0 unspecified atom stereocenters. The fourth-order valence-electron chi connectivity index (χ4n) is 1.35. The van der Waals surface area contributed by atoms with E-state index in [2.05, 4.69) is 10.1 Å². The van der Waals surface area contributed by atoms with E-state index in [1.165, 1.54) is 0 Å². The molecule has 1 heterocycles. The summed E-state index contributed by atoms with van der Waals surface area (Å²) in [5, 5.41) is 3.36. The summed E-state index contributed by atoms with van der Waals surface area (Å²) in [6.45, 7) is -0.740. The summed E-state index contributed by atoms with van der Waals surface area (Å²) in [5.41, 5.74) is 1.41. The molecule has 0 amide bonds. The molecule has 0 spiro atoms. The van der Waals surface area contributed by atoms with E-state index in [1.54, 1.807) is 0 Å². The van der Waals surface area contributed by atoms with Crippen molar-refractivity contribution in [3.63, 3.8) is 0 Å². The predicted molar refractivity (Wildman–Crippen MR) is 53.5 cm³/mol. The monoisotopic (exact) mass is 305 g/mol. The largest absolute Gasteiger partial charge is 0.433 e. The Bertz CT molecular complexity index is 585. The van der Waals surface area contributed by atoms with Gasteiger partial charge in [-0.1, -0.05) is 0 Å². The molecule has 5 nitrogen and oxygen atoms in total. The van der Waals surface area contributed by atoms with E-state index < -0.39 is 51.0 Å². The van der Waals surface area contributed by atoms with E-state index in [-0.39, 0.29) is 6.07 Å². The van der Waals surface area contributed by atoms with E-state index in [0.29, 0.717) is 0 Å². The summed E-state index contributed by atoms with van der Waals surface area (Å²) in [4.78, 5) is 2.78. The summed E-state index contributed by atoms with van der Waals surface area (Å²) in [7, 11) is -4.71. The van der Waals surface area contributed by atoms with Crippen LogP contribution in [0.25, 0.3) is 0 Å². The van der Waals surface area contributed by atoms with Crippen molar-refractivity contribution in [2.75, 3.05) is 0 Å². The molecular formula is C8H8F5N3O2S. The molecule has 0 atom stereocenters. The molecule has 11 heteroatoms. The van der Waals surface area contributed by atoms with E-state index in [4.69, 9.17) is 5.73 Å². The van der Waals surface area contributed by atoms with Crippen LogP contribution in [0, 0.1) is 0 Å². The first-order chi connectivity index (χ1) is 8.48. The number of alkyl halides is 5. The Balaban J connectivity index is 3.75. The van der Waals surface area contributed by atoms with Crippen LogP contribution in [0.3, 0.4) is 0 Å². The summed E-state index contributed by atoms with van der Waals surface area (Å²) < 4.78 is 84.9. The van der Waals surface area contributed by atoms with Gasteiger partial charge in [-0.25, -0.2) is 27.3 Å². The SMILES string of the molecule is NCc1c(C(F)F)cc(C(F)(F)F)nc1S(N)(=O)=O. The van der Waals surface area contributed by atoms with Crippen LogP contribution in [0.2, 0.25) is 0 Å². The van der Waals surface area contributed by atoms with Crippen molar-refractivity contribution in [3.05, 3.63) is 22.9 Å². The van der Waals surface area contributed by atoms with Crippen molar-refractivity contribution in [3.8, 4) is 0 Å². The molecule has 0 aliphatic rings. The first kappa shape index (κ1) is 15.7. The molecule has 1 rings (SSSR count).